The number of nitrogens with zero attached hydrogens (tertiary/aromatic N) is 1. The fourth-order valence-electron chi connectivity index (χ4n) is 4.02. The molecule has 1 aliphatic heterocycles. The number of ether oxygens (including phenoxy) is 1. The van der Waals surface area contributed by atoms with Gasteiger partial charge in [0.1, 0.15) is 0 Å². The number of morpholine rings is 1. The van der Waals surface area contributed by atoms with Gasteiger partial charge < -0.3 is 4.74 Å². The van der Waals surface area contributed by atoms with Gasteiger partial charge >= 0.3 is 0 Å². The molecule has 26 heavy (non-hydrogen) atoms. The SMILES string of the molecule is Clc1cccc(C(c2ccccc2)(c2ccccc2)N2CCOCC2)c1. The predicted octanol–water partition coefficient (Wildman–Crippen LogP) is 4.96. The first kappa shape index (κ1) is 17.3. The molecule has 0 unspecified atom stereocenters. The van der Waals surface area contributed by atoms with Crippen LogP contribution in [0.5, 0.6) is 0 Å². The summed E-state index contributed by atoms with van der Waals surface area (Å²) < 4.78 is 5.66. The van der Waals surface area contributed by atoms with Gasteiger partial charge in [-0.3, -0.25) is 4.90 Å². The molecule has 0 spiro atoms. The molecule has 0 amide bonds. The summed E-state index contributed by atoms with van der Waals surface area (Å²) in [5, 5.41) is 0.756. The van der Waals surface area contributed by atoms with Gasteiger partial charge in [-0.1, -0.05) is 84.4 Å². The summed E-state index contributed by atoms with van der Waals surface area (Å²) in [6, 6.07) is 29.7. The molecular formula is C23H22ClNO. The number of halogens is 1. The van der Waals surface area contributed by atoms with Crippen LogP contribution in [0.4, 0.5) is 0 Å². The Bertz CT molecular complexity index is 805. The molecule has 3 aromatic rings. The van der Waals surface area contributed by atoms with Crippen LogP contribution < -0.4 is 0 Å². The molecule has 0 saturated carbocycles. The van der Waals surface area contributed by atoms with Gasteiger partial charge in [0, 0.05) is 18.1 Å². The Labute approximate surface area is 160 Å². The average Bonchev–Trinajstić information content (AvgIpc) is 2.71. The van der Waals surface area contributed by atoms with Crippen LogP contribution in [0.2, 0.25) is 5.02 Å². The summed E-state index contributed by atoms with van der Waals surface area (Å²) >= 11 is 6.42. The van der Waals surface area contributed by atoms with Crippen LogP contribution in [-0.4, -0.2) is 31.2 Å². The van der Waals surface area contributed by atoms with Gasteiger partial charge in [0.2, 0.25) is 0 Å². The predicted molar refractivity (Wildman–Crippen MR) is 107 cm³/mol. The Morgan fingerprint density at radius 1 is 0.692 bits per heavy atom. The first-order chi connectivity index (χ1) is 12.8. The summed E-state index contributed by atoms with van der Waals surface area (Å²) in [6.45, 7) is 3.22. The molecule has 132 valence electrons. The standard InChI is InChI=1S/C23H22ClNO/c24-22-13-7-12-21(18-22)23(19-8-3-1-4-9-19,20-10-5-2-6-11-20)25-14-16-26-17-15-25/h1-13,18H,14-17H2. The zero-order valence-corrected chi connectivity index (χ0v) is 15.4. The number of benzene rings is 3. The summed E-state index contributed by atoms with van der Waals surface area (Å²) in [6.07, 6.45) is 0. The van der Waals surface area contributed by atoms with E-state index < -0.39 is 5.54 Å². The lowest BCUT2D eigenvalue weighted by Gasteiger charge is -2.47. The third kappa shape index (κ3) is 3.05. The quantitative estimate of drug-likeness (QED) is 0.607. The van der Waals surface area contributed by atoms with Crippen molar-refractivity contribution in [2.75, 3.05) is 26.3 Å². The summed E-state index contributed by atoms with van der Waals surface area (Å²) in [7, 11) is 0. The molecule has 2 nitrogen and oxygen atoms in total. The first-order valence-electron chi connectivity index (χ1n) is 9.02. The molecule has 1 heterocycles. The summed E-state index contributed by atoms with van der Waals surface area (Å²) in [5.74, 6) is 0. The molecule has 4 rings (SSSR count). The van der Waals surface area contributed by atoms with Crippen LogP contribution in [0.1, 0.15) is 16.7 Å². The number of hydrogen-bond acceptors (Lipinski definition) is 2. The van der Waals surface area contributed by atoms with Gasteiger partial charge in [-0.15, -0.1) is 0 Å². The monoisotopic (exact) mass is 363 g/mol. The van der Waals surface area contributed by atoms with Crippen LogP contribution >= 0.6 is 11.6 Å². The topological polar surface area (TPSA) is 12.5 Å². The van der Waals surface area contributed by atoms with Gasteiger partial charge in [0.25, 0.3) is 0 Å². The average molecular weight is 364 g/mol. The lowest BCUT2D eigenvalue weighted by atomic mass is 9.75. The van der Waals surface area contributed by atoms with Crippen molar-refractivity contribution in [1.29, 1.82) is 0 Å². The highest BCUT2D eigenvalue weighted by atomic mass is 35.5. The molecule has 0 radical (unpaired) electrons. The van der Waals surface area contributed by atoms with Crippen molar-refractivity contribution in [3.63, 3.8) is 0 Å². The Kier molecular flexibility index (Phi) is 5.07. The molecule has 3 heteroatoms. The van der Waals surface area contributed by atoms with E-state index in [2.05, 4.69) is 77.7 Å². The second kappa shape index (κ2) is 7.63. The van der Waals surface area contributed by atoms with E-state index in [0.717, 1.165) is 31.3 Å². The van der Waals surface area contributed by atoms with Crippen LogP contribution in [-0.2, 0) is 10.3 Å². The Morgan fingerprint density at radius 2 is 1.23 bits per heavy atom. The second-order valence-corrected chi connectivity index (χ2v) is 6.99. The fourth-order valence-corrected chi connectivity index (χ4v) is 4.21. The van der Waals surface area contributed by atoms with Crippen molar-refractivity contribution < 1.29 is 4.74 Å². The van der Waals surface area contributed by atoms with E-state index in [4.69, 9.17) is 16.3 Å². The van der Waals surface area contributed by atoms with E-state index in [0.29, 0.717) is 0 Å². The summed E-state index contributed by atoms with van der Waals surface area (Å²) in [5.41, 5.74) is 3.28. The van der Waals surface area contributed by atoms with E-state index in [1.165, 1.54) is 16.7 Å². The van der Waals surface area contributed by atoms with Crippen LogP contribution in [0.25, 0.3) is 0 Å². The van der Waals surface area contributed by atoms with Crippen LogP contribution in [0, 0.1) is 0 Å². The Hall–Kier alpha value is -2.13. The number of rotatable bonds is 4. The molecule has 3 aromatic carbocycles. The molecule has 0 bridgehead atoms. The highest BCUT2D eigenvalue weighted by Gasteiger charge is 2.42. The molecule has 0 aliphatic carbocycles. The second-order valence-electron chi connectivity index (χ2n) is 6.55. The molecule has 1 fully saturated rings. The van der Waals surface area contributed by atoms with Gasteiger partial charge in [0.15, 0.2) is 0 Å². The minimum Gasteiger partial charge on any atom is -0.379 e. The van der Waals surface area contributed by atoms with E-state index >= 15 is 0 Å². The maximum Gasteiger partial charge on any atom is 0.0975 e. The smallest absolute Gasteiger partial charge is 0.0975 e. The third-order valence-corrected chi connectivity index (χ3v) is 5.35. The summed E-state index contributed by atoms with van der Waals surface area (Å²) in [4.78, 5) is 2.52. The van der Waals surface area contributed by atoms with Gasteiger partial charge in [-0.05, 0) is 28.8 Å². The molecule has 0 N–H and O–H groups in total. The van der Waals surface area contributed by atoms with E-state index in [9.17, 15) is 0 Å². The normalized spacial score (nSPS) is 15.7. The van der Waals surface area contributed by atoms with E-state index in [-0.39, 0.29) is 0 Å². The van der Waals surface area contributed by atoms with Crippen molar-refractivity contribution in [3.05, 3.63) is 107 Å². The highest BCUT2D eigenvalue weighted by molar-refractivity contribution is 6.30. The maximum atomic E-state index is 6.42. The molecule has 0 aromatic heterocycles. The van der Waals surface area contributed by atoms with Crippen LogP contribution in [0.3, 0.4) is 0 Å². The molecule has 0 atom stereocenters. The van der Waals surface area contributed by atoms with Crippen molar-refractivity contribution in [3.8, 4) is 0 Å². The lowest BCUT2D eigenvalue weighted by Crippen LogP contribution is -2.52. The minimum absolute atomic E-state index is 0.392. The van der Waals surface area contributed by atoms with E-state index in [1.807, 2.05) is 12.1 Å². The largest absolute Gasteiger partial charge is 0.379 e. The Morgan fingerprint density at radius 3 is 1.77 bits per heavy atom. The highest BCUT2D eigenvalue weighted by Crippen LogP contribution is 2.43. The van der Waals surface area contributed by atoms with Crippen molar-refractivity contribution >= 4 is 11.6 Å². The fraction of sp³-hybridized carbons (Fsp3) is 0.217. The van der Waals surface area contributed by atoms with Crippen molar-refractivity contribution in [2.24, 2.45) is 0 Å². The zero-order chi connectivity index (χ0) is 17.8. The first-order valence-corrected chi connectivity index (χ1v) is 9.39. The van der Waals surface area contributed by atoms with Gasteiger partial charge in [-0.25, -0.2) is 0 Å². The van der Waals surface area contributed by atoms with E-state index in [1.54, 1.807) is 0 Å². The lowest BCUT2D eigenvalue weighted by molar-refractivity contribution is 0.00227. The Balaban J connectivity index is 2.02. The molecular weight excluding hydrogens is 342 g/mol. The maximum absolute atomic E-state index is 6.42. The molecule has 1 saturated heterocycles. The van der Waals surface area contributed by atoms with Crippen molar-refractivity contribution in [1.82, 2.24) is 4.90 Å². The van der Waals surface area contributed by atoms with Crippen LogP contribution in [0.15, 0.2) is 84.9 Å². The molecule has 1 aliphatic rings. The third-order valence-electron chi connectivity index (χ3n) is 5.11. The van der Waals surface area contributed by atoms with Crippen molar-refractivity contribution in [2.45, 2.75) is 5.54 Å². The van der Waals surface area contributed by atoms with Gasteiger partial charge in [-0.2, -0.15) is 0 Å². The zero-order valence-electron chi connectivity index (χ0n) is 14.6. The minimum atomic E-state index is -0.392. The van der Waals surface area contributed by atoms with Gasteiger partial charge in [0.05, 0.1) is 18.8 Å². The number of hydrogen-bond donors (Lipinski definition) is 0.